The number of benzene rings is 2. The van der Waals surface area contributed by atoms with Crippen molar-refractivity contribution in [3.05, 3.63) is 65.7 Å². The van der Waals surface area contributed by atoms with Crippen LogP contribution in [0.4, 0.5) is 5.69 Å². The molecule has 2 rings (SSSR count). The Bertz CT molecular complexity index is 694. The molecule has 1 atom stereocenters. The van der Waals surface area contributed by atoms with Crippen molar-refractivity contribution in [1.82, 2.24) is 0 Å². The third-order valence-electron chi connectivity index (χ3n) is 3.08. The van der Waals surface area contributed by atoms with Gasteiger partial charge in [0.15, 0.2) is 6.04 Å². The summed E-state index contributed by atoms with van der Waals surface area (Å²) in [5.41, 5.74) is 2.86. The maximum atomic E-state index is 12.3. The molecule has 118 valence electrons. The summed E-state index contributed by atoms with van der Waals surface area (Å²) in [6, 6.07) is 16.7. The first-order valence-corrected chi connectivity index (χ1v) is 7.65. The number of hydrogen-bond acceptors (Lipinski definition) is 3. The normalized spacial score (nSPS) is 11.3. The van der Waals surface area contributed by atoms with Crippen LogP contribution >= 0.6 is 0 Å². The van der Waals surface area contributed by atoms with Gasteiger partial charge in [-0.05, 0) is 45.0 Å². The Balaban J connectivity index is 2.19. The lowest BCUT2D eigenvalue weighted by Crippen LogP contribution is -2.31. The lowest BCUT2D eigenvalue weighted by atomic mass is 10.2. The summed E-state index contributed by atoms with van der Waals surface area (Å²) in [6.45, 7) is 5.67. The second-order valence-corrected chi connectivity index (χ2v) is 5.56. The highest BCUT2D eigenvalue weighted by atomic mass is 16.5. The summed E-state index contributed by atoms with van der Waals surface area (Å²) in [7, 11) is 0. The minimum absolute atomic E-state index is 0.177. The maximum absolute atomic E-state index is 12.3. The van der Waals surface area contributed by atoms with Crippen LogP contribution in [0.1, 0.15) is 25.0 Å². The van der Waals surface area contributed by atoms with Crippen molar-refractivity contribution in [1.29, 1.82) is 0 Å². The molecule has 2 aromatic carbocycles. The largest absolute Gasteiger partial charge is 0.461 e. The van der Waals surface area contributed by atoms with E-state index in [2.05, 4.69) is 17.2 Å². The minimum atomic E-state index is -0.708. The van der Waals surface area contributed by atoms with Gasteiger partial charge < -0.3 is 10.1 Å². The minimum Gasteiger partial charge on any atom is -0.461 e. The van der Waals surface area contributed by atoms with E-state index < -0.39 is 6.04 Å². The van der Waals surface area contributed by atoms with Gasteiger partial charge >= 0.3 is 5.97 Å². The molecule has 0 fully saturated rings. The van der Waals surface area contributed by atoms with Gasteiger partial charge in [0.2, 0.25) is 0 Å². The van der Waals surface area contributed by atoms with Gasteiger partial charge in [-0.25, -0.2) is 4.79 Å². The summed E-state index contributed by atoms with van der Waals surface area (Å²) in [6.07, 6.45) is -0.177. The van der Waals surface area contributed by atoms with Crippen LogP contribution in [-0.2, 0) is 9.53 Å². The van der Waals surface area contributed by atoms with E-state index in [0.717, 1.165) is 16.8 Å². The highest BCUT2D eigenvalue weighted by molar-refractivity contribution is 5.83. The molecule has 0 aromatic heterocycles. The van der Waals surface area contributed by atoms with Gasteiger partial charge in [0, 0.05) is 11.3 Å². The molecule has 23 heavy (non-hydrogen) atoms. The van der Waals surface area contributed by atoms with Crippen molar-refractivity contribution in [3.63, 3.8) is 0 Å². The van der Waals surface area contributed by atoms with E-state index in [0.29, 0.717) is 0 Å². The molecule has 0 spiro atoms. The lowest BCUT2D eigenvalue weighted by Gasteiger charge is -2.16. The number of carbonyl (C=O) groups excluding carboxylic acids is 1. The van der Waals surface area contributed by atoms with Gasteiger partial charge in [-0.3, -0.25) is 0 Å². The molecule has 0 amide bonds. The number of ether oxygens (including phenoxy) is 1. The predicted molar refractivity (Wildman–Crippen MR) is 93.1 cm³/mol. The molecule has 0 bridgehead atoms. The Morgan fingerprint density at radius 2 is 1.70 bits per heavy atom. The van der Waals surface area contributed by atoms with E-state index in [1.807, 2.05) is 75.4 Å². The molecule has 0 saturated heterocycles. The molecule has 2 aromatic rings. The Morgan fingerprint density at radius 1 is 1.04 bits per heavy atom. The number of hydrogen-bond donors (Lipinski definition) is 1. The van der Waals surface area contributed by atoms with Crippen molar-refractivity contribution >= 4 is 11.7 Å². The van der Waals surface area contributed by atoms with Crippen LogP contribution in [0.25, 0.3) is 0 Å². The van der Waals surface area contributed by atoms with Crippen molar-refractivity contribution in [2.45, 2.75) is 32.9 Å². The van der Waals surface area contributed by atoms with Crippen LogP contribution in [-0.4, -0.2) is 18.1 Å². The zero-order valence-corrected chi connectivity index (χ0v) is 13.7. The number of carbonyl (C=O) groups is 1. The molecule has 0 radical (unpaired) electrons. The Labute approximate surface area is 137 Å². The fourth-order valence-electron chi connectivity index (χ4n) is 1.95. The quantitative estimate of drug-likeness (QED) is 0.690. The second-order valence-electron chi connectivity index (χ2n) is 5.56. The number of nitrogens with one attached hydrogen (secondary N) is 1. The molecule has 1 unspecified atom stereocenters. The monoisotopic (exact) mass is 307 g/mol. The van der Waals surface area contributed by atoms with Gasteiger partial charge in [-0.1, -0.05) is 47.7 Å². The van der Waals surface area contributed by atoms with Crippen LogP contribution in [0.3, 0.4) is 0 Å². The van der Waals surface area contributed by atoms with Gasteiger partial charge in [-0.15, -0.1) is 0 Å². The van der Waals surface area contributed by atoms with Crippen LogP contribution in [0.5, 0.6) is 0 Å². The average molecular weight is 307 g/mol. The van der Waals surface area contributed by atoms with Gasteiger partial charge in [-0.2, -0.15) is 0 Å². The second kappa shape index (κ2) is 8.05. The molecule has 3 heteroatoms. The van der Waals surface area contributed by atoms with E-state index in [1.165, 1.54) is 0 Å². The van der Waals surface area contributed by atoms with Crippen LogP contribution in [0.2, 0.25) is 0 Å². The fraction of sp³-hybridized carbons (Fsp3) is 0.250. The molecule has 0 aliphatic carbocycles. The summed E-state index contributed by atoms with van der Waals surface area (Å²) in [4.78, 5) is 12.3. The summed E-state index contributed by atoms with van der Waals surface area (Å²) < 4.78 is 5.29. The van der Waals surface area contributed by atoms with Crippen LogP contribution in [0.15, 0.2) is 54.6 Å². The lowest BCUT2D eigenvalue weighted by molar-refractivity contribution is -0.146. The highest BCUT2D eigenvalue weighted by Gasteiger charge is 2.18. The first-order valence-electron chi connectivity index (χ1n) is 7.65. The van der Waals surface area contributed by atoms with Gasteiger partial charge in [0.1, 0.15) is 0 Å². The topological polar surface area (TPSA) is 38.3 Å². The zero-order chi connectivity index (χ0) is 16.7. The molecule has 0 aliphatic rings. The van der Waals surface area contributed by atoms with Crippen molar-refractivity contribution in [2.75, 3.05) is 5.32 Å². The van der Waals surface area contributed by atoms with Crippen molar-refractivity contribution < 1.29 is 9.53 Å². The van der Waals surface area contributed by atoms with E-state index in [9.17, 15) is 4.79 Å². The van der Waals surface area contributed by atoms with Crippen molar-refractivity contribution in [2.24, 2.45) is 0 Å². The summed E-state index contributed by atoms with van der Waals surface area (Å²) in [5.74, 6) is 5.61. The van der Waals surface area contributed by atoms with E-state index in [1.54, 1.807) is 0 Å². The Hall–Kier alpha value is -2.73. The smallest absolute Gasteiger partial charge is 0.341 e. The van der Waals surface area contributed by atoms with E-state index in [4.69, 9.17) is 4.74 Å². The van der Waals surface area contributed by atoms with Crippen LogP contribution < -0.4 is 5.32 Å². The Morgan fingerprint density at radius 3 is 2.30 bits per heavy atom. The molecule has 0 aliphatic heterocycles. The third-order valence-corrected chi connectivity index (χ3v) is 3.08. The van der Waals surface area contributed by atoms with E-state index >= 15 is 0 Å². The molecule has 3 nitrogen and oxygen atoms in total. The molecule has 1 N–H and O–H groups in total. The first-order chi connectivity index (χ1) is 11.0. The first kappa shape index (κ1) is 16.6. The fourth-order valence-corrected chi connectivity index (χ4v) is 1.95. The number of anilines is 1. The van der Waals surface area contributed by atoms with Crippen molar-refractivity contribution in [3.8, 4) is 11.8 Å². The number of aryl methyl sites for hydroxylation is 1. The Kier molecular flexibility index (Phi) is 5.82. The average Bonchev–Trinajstić information content (AvgIpc) is 2.53. The number of esters is 1. The highest BCUT2D eigenvalue weighted by Crippen LogP contribution is 2.11. The standard InChI is InChI=1S/C20H21NO2/c1-15(2)23-20(22)19(14-11-17-7-5-4-6-8-17)21-18-12-9-16(3)10-13-18/h4-10,12-13,15,19,21H,1-3H3. The molecule has 0 heterocycles. The maximum Gasteiger partial charge on any atom is 0.341 e. The van der Waals surface area contributed by atoms with E-state index in [-0.39, 0.29) is 12.1 Å². The van der Waals surface area contributed by atoms with Gasteiger partial charge in [0.25, 0.3) is 0 Å². The predicted octanol–water partition coefficient (Wildman–Crippen LogP) is 3.78. The molecule has 0 saturated carbocycles. The third kappa shape index (κ3) is 5.52. The SMILES string of the molecule is Cc1ccc(NC(C#Cc2ccccc2)C(=O)OC(C)C)cc1. The zero-order valence-electron chi connectivity index (χ0n) is 13.7. The van der Waals surface area contributed by atoms with Gasteiger partial charge in [0.05, 0.1) is 6.10 Å². The molecular formula is C20H21NO2. The molecular weight excluding hydrogens is 286 g/mol. The summed E-state index contributed by atoms with van der Waals surface area (Å²) in [5, 5.41) is 3.13. The van der Waals surface area contributed by atoms with Crippen LogP contribution in [0, 0.1) is 18.8 Å². The summed E-state index contributed by atoms with van der Waals surface area (Å²) >= 11 is 0. The number of rotatable bonds is 4.